The van der Waals surface area contributed by atoms with Crippen LogP contribution in [0.25, 0.3) is 0 Å². The van der Waals surface area contributed by atoms with Crippen molar-refractivity contribution in [2.45, 2.75) is 24.5 Å². The molecule has 2 heterocycles. The Labute approximate surface area is 103 Å². The minimum Gasteiger partial charge on any atom is -0.481 e. The molecule has 88 valence electrons. The van der Waals surface area contributed by atoms with E-state index in [1.165, 1.54) is 17.5 Å². The number of hydrogen-bond acceptors (Lipinski definition) is 4. The average Bonchev–Trinajstić information content (AvgIpc) is 2.83. The first-order valence-electron chi connectivity index (χ1n) is 5.14. The van der Waals surface area contributed by atoms with Gasteiger partial charge < -0.3 is 9.67 Å². The highest BCUT2D eigenvalue weighted by Crippen LogP contribution is 2.32. The lowest BCUT2D eigenvalue weighted by Gasteiger charge is -2.15. The van der Waals surface area contributed by atoms with E-state index in [-0.39, 0.29) is 5.75 Å². The maximum atomic E-state index is 10.6. The van der Waals surface area contributed by atoms with Gasteiger partial charge in [0.1, 0.15) is 0 Å². The third-order valence-electron chi connectivity index (χ3n) is 2.54. The van der Waals surface area contributed by atoms with Gasteiger partial charge in [0.15, 0.2) is 5.16 Å². The van der Waals surface area contributed by atoms with Crippen LogP contribution >= 0.6 is 23.5 Å². The minimum absolute atomic E-state index is 0.0797. The average molecular weight is 258 g/mol. The van der Waals surface area contributed by atoms with E-state index in [4.69, 9.17) is 5.11 Å². The van der Waals surface area contributed by atoms with E-state index in [1.807, 2.05) is 24.9 Å². The fourth-order valence-electron chi connectivity index (χ4n) is 1.83. The summed E-state index contributed by atoms with van der Waals surface area (Å²) < 4.78 is 2.19. The van der Waals surface area contributed by atoms with Gasteiger partial charge in [0.25, 0.3) is 0 Å². The maximum Gasteiger partial charge on any atom is 0.313 e. The van der Waals surface area contributed by atoms with E-state index in [0.717, 1.165) is 23.0 Å². The van der Waals surface area contributed by atoms with Crippen molar-refractivity contribution in [1.82, 2.24) is 9.55 Å². The van der Waals surface area contributed by atoms with E-state index in [1.54, 1.807) is 0 Å². The zero-order valence-electron chi connectivity index (χ0n) is 9.05. The Morgan fingerprint density at radius 3 is 3.25 bits per heavy atom. The number of rotatable bonds is 4. The van der Waals surface area contributed by atoms with Gasteiger partial charge in [0, 0.05) is 23.7 Å². The molecule has 0 saturated carbocycles. The molecule has 6 heteroatoms. The van der Waals surface area contributed by atoms with Gasteiger partial charge in [0.05, 0.1) is 5.75 Å². The van der Waals surface area contributed by atoms with Crippen LogP contribution in [0.3, 0.4) is 0 Å². The molecule has 0 radical (unpaired) electrons. The fraction of sp³-hybridized carbons (Fsp3) is 0.600. The molecular formula is C10H14N2O2S2. The lowest BCUT2D eigenvalue weighted by molar-refractivity contribution is -0.133. The molecule has 0 amide bonds. The fourth-order valence-corrected chi connectivity index (χ4v) is 3.83. The van der Waals surface area contributed by atoms with Crippen LogP contribution in [0.5, 0.6) is 0 Å². The van der Waals surface area contributed by atoms with Crippen molar-refractivity contribution in [3.05, 3.63) is 11.9 Å². The third-order valence-corrected chi connectivity index (χ3v) is 4.64. The van der Waals surface area contributed by atoms with E-state index >= 15 is 0 Å². The second-order valence-electron chi connectivity index (χ2n) is 3.75. The molecule has 1 aromatic rings. The number of aliphatic carboxylic acids is 1. The number of imidazole rings is 1. The first kappa shape index (κ1) is 11.9. The molecule has 1 aromatic heterocycles. The van der Waals surface area contributed by atoms with Gasteiger partial charge in [-0.1, -0.05) is 11.8 Å². The molecule has 1 saturated heterocycles. The first-order chi connectivity index (χ1) is 7.68. The van der Waals surface area contributed by atoms with Crippen LogP contribution in [0, 0.1) is 6.92 Å². The molecule has 0 spiro atoms. The van der Waals surface area contributed by atoms with Gasteiger partial charge >= 0.3 is 5.97 Å². The van der Waals surface area contributed by atoms with Gasteiger partial charge in [-0.2, -0.15) is 11.8 Å². The molecule has 1 aliphatic heterocycles. The minimum atomic E-state index is -0.794. The quantitative estimate of drug-likeness (QED) is 0.838. The lowest BCUT2D eigenvalue weighted by atomic mass is 10.2. The largest absolute Gasteiger partial charge is 0.481 e. The first-order valence-corrected chi connectivity index (χ1v) is 7.28. The summed E-state index contributed by atoms with van der Waals surface area (Å²) in [5, 5.41) is 9.52. The van der Waals surface area contributed by atoms with E-state index in [9.17, 15) is 4.79 Å². The molecule has 16 heavy (non-hydrogen) atoms. The molecule has 1 fully saturated rings. The van der Waals surface area contributed by atoms with Crippen LogP contribution < -0.4 is 0 Å². The molecule has 0 aromatic carbocycles. The van der Waals surface area contributed by atoms with E-state index in [0.29, 0.717) is 6.04 Å². The SMILES string of the molecule is Cc1cnc(SCC(=O)O)n1C1CCSC1. The highest BCUT2D eigenvalue weighted by atomic mass is 32.2. The van der Waals surface area contributed by atoms with Gasteiger partial charge in [-0.3, -0.25) is 4.79 Å². The molecule has 1 N–H and O–H groups in total. The molecule has 4 nitrogen and oxygen atoms in total. The van der Waals surface area contributed by atoms with Gasteiger partial charge in [-0.05, 0) is 19.1 Å². The smallest absolute Gasteiger partial charge is 0.313 e. The number of thioether (sulfide) groups is 2. The van der Waals surface area contributed by atoms with Gasteiger partial charge in [-0.15, -0.1) is 0 Å². The monoisotopic (exact) mass is 258 g/mol. The van der Waals surface area contributed by atoms with Crippen molar-refractivity contribution in [3.8, 4) is 0 Å². The number of aryl methyl sites for hydroxylation is 1. The second-order valence-corrected chi connectivity index (χ2v) is 5.84. The van der Waals surface area contributed by atoms with Crippen LogP contribution in [-0.4, -0.2) is 37.9 Å². The zero-order valence-corrected chi connectivity index (χ0v) is 10.7. The topological polar surface area (TPSA) is 55.1 Å². The summed E-state index contributed by atoms with van der Waals surface area (Å²) in [5.74, 6) is 1.58. The number of carboxylic acid groups (broad SMARTS) is 1. The molecule has 1 unspecified atom stereocenters. The standard InChI is InChI=1S/C10H14N2O2S2/c1-7-4-11-10(16-6-9(13)14)12(7)8-2-3-15-5-8/h4,8H,2-3,5-6H2,1H3,(H,13,14). The molecule has 0 bridgehead atoms. The van der Waals surface area contributed by atoms with Gasteiger partial charge in [-0.25, -0.2) is 4.98 Å². The van der Waals surface area contributed by atoms with Crippen LogP contribution in [0.2, 0.25) is 0 Å². The Hall–Kier alpha value is -0.620. The summed E-state index contributed by atoms with van der Waals surface area (Å²) >= 11 is 3.25. The summed E-state index contributed by atoms with van der Waals surface area (Å²) in [4.78, 5) is 14.8. The predicted octanol–water partition coefficient (Wildman–Crippen LogP) is 2.05. The lowest BCUT2D eigenvalue weighted by Crippen LogP contribution is -2.11. The number of carbonyl (C=O) groups is 1. The molecule has 2 rings (SSSR count). The Kier molecular flexibility index (Phi) is 3.81. The Bertz CT molecular complexity index is 386. The summed E-state index contributed by atoms with van der Waals surface area (Å²) in [6.45, 7) is 2.03. The second kappa shape index (κ2) is 5.14. The number of hydrogen-bond donors (Lipinski definition) is 1. The third kappa shape index (κ3) is 2.55. The van der Waals surface area contributed by atoms with Crippen molar-refractivity contribution in [2.75, 3.05) is 17.3 Å². The van der Waals surface area contributed by atoms with Crippen molar-refractivity contribution in [2.24, 2.45) is 0 Å². The Morgan fingerprint density at radius 2 is 2.62 bits per heavy atom. The molecule has 1 aliphatic rings. The summed E-state index contributed by atoms with van der Waals surface area (Å²) in [5.41, 5.74) is 1.13. The molecule has 1 atom stereocenters. The van der Waals surface area contributed by atoms with Crippen molar-refractivity contribution >= 4 is 29.5 Å². The number of carboxylic acids is 1. The predicted molar refractivity (Wildman–Crippen MR) is 66.3 cm³/mol. The van der Waals surface area contributed by atoms with Crippen LogP contribution in [0.15, 0.2) is 11.4 Å². The van der Waals surface area contributed by atoms with E-state index < -0.39 is 5.97 Å². The van der Waals surface area contributed by atoms with Crippen molar-refractivity contribution in [1.29, 1.82) is 0 Å². The highest BCUT2D eigenvalue weighted by molar-refractivity contribution is 8.00. The number of aromatic nitrogens is 2. The van der Waals surface area contributed by atoms with Crippen molar-refractivity contribution < 1.29 is 9.90 Å². The summed E-state index contributed by atoms with van der Waals surface area (Å²) in [6.07, 6.45) is 2.98. The maximum absolute atomic E-state index is 10.6. The van der Waals surface area contributed by atoms with E-state index in [2.05, 4.69) is 9.55 Å². The normalized spacial score (nSPS) is 20.2. The Balaban J connectivity index is 2.14. The summed E-state index contributed by atoms with van der Waals surface area (Å²) in [6, 6.07) is 0.490. The van der Waals surface area contributed by atoms with Crippen LogP contribution in [0.4, 0.5) is 0 Å². The zero-order chi connectivity index (χ0) is 11.5. The van der Waals surface area contributed by atoms with Gasteiger partial charge in [0.2, 0.25) is 0 Å². The Morgan fingerprint density at radius 1 is 1.81 bits per heavy atom. The summed E-state index contributed by atoms with van der Waals surface area (Å²) in [7, 11) is 0. The van der Waals surface area contributed by atoms with Crippen LogP contribution in [0.1, 0.15) is 18.2 Å². The molecular weight excluding hydrogens is 244 g/mol. The number of nitrogens with zero attached hydrogens (tertiary/aromatic N) is 2. The van der Waals surface area contributed by atoms with Crippen LogP contribution in [-0.2, 0) is 4.79 Å². The highest BCUT2D eigenvalue weighted by Gasteiger charge is 2.22. The van der Waals surface area contributed by atoms with Crippen molar-refractivity contribution in [3.63, 3.8) is 0 Å². The molecule has 0 aliphatic carbocycles.